The molecule has 1 aliphatic rings. The molecule has 116 valence electrons. The van der Waals surface area contributed by atoms with Gasteiger partial charge in [0, 0.05) is 42.6 Å². The molecule has 1 N–H and O–H groups in total. The number of nitrogens with zero attached hydrogens (tertiary/aromatic N) is 2. The van der Waals surface area contributed by atoms with E-state index in [9.17, 15) is 10.1 Å². The molecule has 1 fully saturated rings. The van der Waals surface area contributed by atoms with Crippen LogP contribution in [0.5, 0.6) is 0 Å². The minimum Gasteiger partial charge on any atom is -0.385 e. The van der Waals surface area contributed by atoms with Gasteiger partial charge in [0.2, 0.25) is 0 Å². The van der Waals surface area contributed by atoms with Crippen molar-refractivity contribution in [3.63, 3.8) is 0 Å². The maximum absolute atomic E-state index is 11.2. The Balaban J connectivity index is 2.25. The Labute approximate surface area is 126 Å². The van der Waals surface area contributed by atoms with E-state index in [1.54, 1.807) is 12.1 Å². The highest BCUT2D eigenvalue weighted by molar-refractivity contribution is 5.65. The fourth-order valence-electron chi connectivity index (χ4n) is 2.47. The molecule has 5 heteroatoms. The van der Waals surface area contributed by atoms with E-state index in [-0.39, 0.29) is 10.6 Å². The molecule has 0 amide bonds. The van der Waals surface area contributed by atoms with E-state index in [0.717, 1.165) is 43.7 Å². The zero-order valence-corrected chi connectivity index (χ0v) is 13.0. The van der Waals surface area contributed by atoms with Gasteiger partial charge in [0.15, 0.2) is 0 Å². The molecule has 0 unspecified atom stereocenters. The minimum absolute atomic E-state index is 0.174. The molecule has 0 radical (unpaired) electrons. The summed E-state index contributed by atoms with van der Waals surface area (Å²) in [6, 6.07) is 5.96. The van der Waals surface area contributed by atoms with Gasteiger partial charge in [0.05, 0.1) is 4.92 Å². The number of rotatable bonds is 9. The molecular formula is C16H25N3O2. The Hall–Kier alpha value is -1.78. The van der Waals surface area contributed by atoms with Crippen molar-refractivity contribution in [2.75, 3.05) is 23.3 Å². The van der Waals surface area contributed by atoms with Gasteiger partial charge >= 0.3 is 0 Å². The maximum atomic E-state index is 11.2. The van der Waals surface area contributed by atoms with Crippen LogP contribution in [0.2, 0.25) is 0 Å². The van der Waals surface area contributed by atoms with Crippen LogP contribution in [-0.4, -0.2) is 24.1 Å². The number of non-ortho nitro benzene ring substituents is 1. The van der Waals surface area contributed by atoms with Crippen LogP contribution in [0.4, 0.5) is 17.1 Å². The van der Waals surface area contributed by atoms with Crippen LogP contribution in [0.15, 0.2) is 18.2 Å². The highest BCUT2D eigenvalue weighted by atomic mass is 16.6. The average molecular weight is 291 g/mol. The second-order valence-corrected chi connectivity index (χ2v) is 5.70. The first-order valence-corrected chi connectivity index (χ1v) is 7.95. The molecule has 0 aliphatic heterocycles. The normalized spacial score (nSPS) is 14.0. The van der Waals surface area contributed by atoms with E-state index < -0.39 is 0 Å². The highest BCUT2D eigenvalue weighted by Crippen LogP contribution is 2.35. The van der Waals surface area contributed by atoms with Crippen LogP contribution >= 0.6 is 0 Å². The van der Waals surface area contributed by atoms with Gasteiger partial charge in [-0.15, -0.1) is 0 Å². The van der Waals surface area contributed by atoms with Gasteiger partial charge in [-0.2, -0.15) is 0 Å². The van der Waals surface area contributed by atoms with Crippen molar-refractivity contribution < 1.29 is 4.92 Å². The Morgan fingerprint density at radius 2 is 2.05 bits per heavy atom. The minimum atomic E-state index is -0.300. The van der Waals surface area contributed by atoms with E-state index in [2.05, 4.69) is 30.1 Å². The first kappa shape index (κ1) is 15.6. The molecule has 5 nitrogen and oxygen atoms in total. The van der Waals surface area contributed by atoms with Gasteiger partial charge in [-0.1, -0.05) is 20.3 Å². The lowest BCUT2D eigenvalue weighted by Crippen LogP contribution is -2.26. The average Bonchev–Trinajstić information content (AvgIpc) is 3.30. The highest BCUT2D eigenvalue weighted by Gasteiger charge is 2.29. The van der Waals surface area contributed by atoms with E-state index in [1.165, 1.54) is 12.8 Å². The lowest BCUT2D eigenvalue weighted by molar-refractivity contribution is -0.384. The molecule has 0 saturated heterocycles. The quantitative estimate of drug-likeness (QED) is 0.547. The first-order chi connectivity index (χ1) is 10.2. The molecular weight excluding hydrogens is 266 g/mol. The molecule has 0 spiro atoms. The van der Waals surface area contributed by atoms with Gasteiger partial charge in [0.25, 0.3) is 5.69 Å². The Morgan fingerprint density at radius 3 is 2.62 bits per heavy atom. The fraction of sp³-hybridized carbons (Fsp3) is 0.625. The summed E-state index contributed by atoms with van der Waals surface area (Å²) in [6.45, 7) is 6.07. The number of hydrogen-bond acceptors (Lipinski definition) is 4. The predicted molar refractivity (Wildman–Crippen MR) is 87.2 cm³/mol. The molecule has 2 rings (SSSR count). The number of anilines is 2. The summed E-state index contributed by atoms with van der Waals surface area (Å²) in [5, 5.41) is 14.4. The Morgan fingerprint density at radius 1 is 1.29 bits per heavy atom. The lowest BCUT2D eigenvalue weighted by Gasteiger charge is -2.25. The molecule has 1 aliphatic carbocycles. The topological polar surface area (TPSA) is 58.4 Å². The third kappa shape index (κ3) is 4.34. The number of nitro groups is 1. The third-order valence-corrected chi connectivity index (χ3v) is 3.76. The number of nitrogens with one attached hydrogen (secondary N) is 1. The standard InChI is InChI=1S/C16H25N3O2/c1-3-5-9-18(14-6-7-14)15-10-13(17-8-4-2)11-16(12-15)19(20)21/h10-12,14,17H,3-9H2,1-2H3. The first-order valence-electron chi connectivity index (χ1n) is 7.95. The van der Waals surface area contributed by atoms with Gasteiger partial charge in [0.1, 0.15) is 0 Å². The number of benzene rings is 1. The van der Waals surface area contributed by atoms with Crippen molar-refractivity contribution in [2.45, 2.75) is 52.0 Å². The fourth-order valence-corrected chi connectivity index (χ4v) is 2.47. The smallest absolute Gasteiger partial charge is 0.273 e. The number of unbranched alkanes of at least 4 members (excludes halogenated alkanes) is 1. The van der Waals surface area contributed by atoms with E-state index >= 15 is 0 Å². The van der Waals surface area contributed by atoms with Gasteiger partial charge < -0.3 is 10.2 Å². The summed E-state index contributed by atoms with van der Waals surface area (Å²) in [4.78, 5) is 13.2. The van der Waals surface area contributed by atoms with Gasteiger partial charge in [-0.3, -0.25) is 10.1 Å². The van der Waals surface area contributed by atoms with Crippen LogP contribution in [0.1, 0.15) is 46.0 Å². The summed E-state index contributed by atoms with van der Waals surface area (Å²) < 4.78 is 0. The Kier molecular flexibility index (Phi) is 5.42. The molecule has 0 atom stereocenters. The van der Waals surface area contributed by atoms with E-state index in [4.69, 9.17) is 0 Å². The predicted octanol–water partition coefficient (Wildman–Crippen LogP) is 4.19. The van der Waals surface area contributed by atoms with Crippen molar-refractivity contribution in [3.8, 4) is 0 Å². The van der Waals surface area contributed by atoms with E-state index in [1.807, 2.05) is 0 Å². The summed E-state index contributed by atoms with van der Waals surface area (Å²) in [5.74, 6) is 0. The maximum Gasteiger partial charge on any atom is 0.273 e. The molecule has 0 aromatic heterocycles. The molecule has 0 bridgehead atoms. The monoisotopic (exact) mass is 291 g/mol. The van der Waals surface area contributed by atoms with Crippen LogP contribution in [0, 0.1) is 10.1 Å². The van der Waals surface area contributed by atoms with Crippen LogP contribution < -0.4 is 10.2 Å². The third-order valence-electron chi connectivity index (χ3n) is 3.76. The number of nitro benzene ring substituents is 1. The largest absolute Gasteiger partial charge is 0.385 e. The van der Waals surface area contributed by atoms with Crippen molar-refractivity contribution >= 4 is 17.1 Å². The van der Waals surface area contributed by atoms with Crippen LogP contribution in [-0.2, 0) is 0 Å². The Bertz CT molecular complexity index is 486. The molecule has 1 aromatic carbocycles. The van der Waals surface area contributed by atoms with Crippen molar-refractivity contribution in [1.29, 1.82) is 0 Å². The number of hydrogen-bond donors (Lipinski definition) is 1. The van der Waals surface area contributed by atoms with Crippen molar-refractivity contribution in [3.05, 3.63) is 28.3 Å². The zero-order chi connectivity index (χ0) is 15.2. The van der Waals surface area contributed by atoms with Gasteiger partial charge in [-0.25, -0.2) is 0 Å². The van der Waals surface area contributed by atoms with E-state index in [0.29, 0.717) is 6.04 Å². The van der Waals surface area contributed by atoms with Crippen LogP contribution in [0.3, 0.4) is 0 Å². The SMILES string of the molecule is CCCCN(c1cc(NCCC)cc([N+](=O)[O-])c1)C1CC1. The summed E-state index contributed by atoms with van der Waals surface area (Å²) in [7, 11) is 0. The second-order valence-electron chi connectivity index (χ2n) is 5.70. The summed E-state index contributed by atoms with van der Waals surface area (Å²) in [6.07, 6.45) is 5.66. The van der Waals surface area contributed by atoms with Crippen molar-refractivity contribution in [1.82, 2.24) is 0 Å². The summed E-state index contributed by atoms with van der Waals surface area (Å²) >= 11 is 0. The van der Waals surface area contributed by atoms with Crippen molar-refractivity contribution in [2.24, 2.45) is 0 Å². The van der Waals surface area contributed by atoms with Gasteiger partial charge in [-0.05, 0) is 31.7 Å². The molecule has 0 heterocycles. The van der Waals surface area contributed by atoms with Crippen LogP contribution in [0.25, 0.3) is 0 Å². The molecule has 1 aromatic rings. The zero-order valence-electron chi connectivity index (χ0n) is 13.0. The summed E-state index contributed by atoms with van der Waals surface area (Å²) in [5.41, 5.74) is 2.01. The lowest BCUT2D eigenvalue weighted by atomic mass is 10.2. The molecule has 1 saturated carbocycles. The second kappa shape index (κ2) is 7.29. The molecule has 21 heavy (non-hydrogen) atoms.